The van der Waals surface area contributed by atoms with E-state index in [1.54, 1.807) is 0 Å². The van der Waals surface area contributed by atoms with E-state index >= 15 is 0 Å². The molecule has 0 radical (unpaired) electrons. The maximum atomic E-state index is 13.3. The molecule has 2 aromatic carbocycles. The normalized spacial score (nSPS) is 18.3. The molecule has 2 aliphatic rings. The predicted molar refractivity (Wildman–Crippen MR) is 152 cm³/mol. The van der Waals surface area contributed by atoms with Crippen molar-refractivity contribution < 1.29 is 17.6 Å². The van der Waals surface area contributed by atoms with Crippen LogP contribution in [0.3, 0.4) is 0 Å². The summed E-state index contributed by atoms with van der Waals surface area (Å²) in [7, 11) is -2.92. The summed E-state index contributed by atoms with van der Waals surface area (Å²) in [5.41, 5.74) is 5.30. The van der Waals surface area contributed by atoms with E-state index in [9.17, 15) is 13.2 Å². The summed E-state index contributed by atoms with van der Waals surface area (Å²) in [4.78, 5) is 17.9. The number of nitrogens with zero attached hydrogens (tertiary/aromatic N) is 2. The van der Waals surface area contributed by atoms with Crippen molar-refractivity contribution in [2.45, 2.75) is 45.6 Å². The Bertz CT molecular complexity index is 1360. The number of benzene rings is 2. The van der Waals surface area contributed by atoms with Crippen LogP contribution < -0.4 is 15.1 Å². The van der Waals surface area contributed by atoms with E-state index in [1.165, 1.54) is 24.8 Å². The average Bonchev–Trinajstić information content (AvgIpc) is 3.34. The first-order chi connectivity index (χ1) is 18.3. The summed E-state index contributed by atoms with van der Waals surface area (Å²) in [6, 6.07) is 17.8. The Hall–Kier alpha value is -3.26. The van der Waals surface area contributed by atoms with Gasteiger partial charge in [0.2, 0.25) is 5.91 Å². The fourth-order valence-electron chi connectivity index (χ4n) is 5.41. The highest BCUT2D eigenvalue weighted by Crippen LogP contribution is 2.34. The maximum Gasteiger partial charge on any atom is 0.225 e. The molecule has 2 fully saturated rings. The number of nitrogens with one attached hydrogen (secondary N) is 1. The van der Waals surface area contributed by atoms with E-state index in [4.69, 9.17) is 4.42 Å². The number of carbonyl (C=O) groups is 1. The Labute approximate surface area is 225 Å². The lowest BCUT2D eigenvalue weighted by molar-refractivity contribution is -0.121. The van der Waals surface area contributed by atoms with Gasteiger partial charge in [-0.25, -0.2) is 8.42 Å². The molecular weight excluding hydrogens is 498 g/mol. The van der Waals surface area contributed by atoms with Gasteiger partial charge in [-0.1, -0.05) is 24.3 Å². The van der Waals surface area contributed by atoms with Crippen molar-refractivity contribution >= 4 is 27.1 Å². The van der Waals surface area contributed by atoms with E-state index in [1.807, 2.05) is 43.3 Å². The number of hydrogen-bond acceptors (Lipinski definition) is 6. The lowest BCUT2D eigenvalue weighted by atomic mass is 9.97. The molecule has 2 aliphatic heterocycles. The molecule has 2 saturated heterocycles. The molecule has 1 aromatic heterocycles. The first-order valence-electron chi connectivity index (χ1n) is 13.5. The molecule has 0 aliphatic carbocycles. The average molecular weight is 536 g/mol. The largest absolute Gasteiger partial charge is 0.464 e. The minimum atomic E-state index is -2.92. The summed E-state index contributed by atoms with van der Waals surface area (Å²) in [5.74, 6) is 1.83. The predicted octanol–water partition coefficient (Wildman–Crippen LogP) is 4.57. The molecule has 38 heavy (non-hydrogen) atoms. The first-order valence-corrected chi connectivity index (χ1v) is 15.3. The molecule has 1 N–H and O–H groups in total. The van der Waals surface area contributed by atoms with E-state index in [2.05, 4.69) is 40.2 Å². The van der Waals surface area contributed by atoms with Crippen molar-refractivity contribution in [1.29, 1.82) is 0 Å². The highest BCUT2D eigenvalue weighted by Gasteiger charge is 2.26. The van der Waals surface area contributed by atoms with Gasteiger partial charge in [-0.05, 0) is 74.6 Å². The number of hydrogen-bond donors (Lipinski definition) is 1. The summed E-state index contributed by atoms with van der Waals surface area (Å²) < 4.78 is 29.5. The van der Waals surface area contributed by atoms with Crippen molar-refractivity contribution in [3.8, 4) is 0 Å². The molecule has 0 bridgehead atoms. The van der Waals surface area contributed by atoms with Crippen LogP contribution in [0.1, 0.15) is 53.5 Å². The van der Waals surface area contributed by atoms with Gasteiger partial charge in [-0.15, -0.1) is 0 Å². The molecule has 5 rings (SSSR count). The Kier molecular flexibility index (Phi) is 7.79. The molecule has 8 heteroatoms. The first kappa shape index (κ1) is 26.4. The quantitative estimate of drug-likeness (QED) is 0.477. The zero-order valence-corrected chi connectivity index (χ0v) is 23.1. The Balaban J connectivity index is 1.34. The highest BCUT2D eigenvalue weighted by atomic mass is 32.2. The number of amides is 1. The smallest absolute Gasteiger partial charge is 0.225 e. The number of rotatable bonds is 7. The van der Waals surface area contributed by atoms with E-state index in [-0.39, 0.29) is 29.9 Å². The van der Waals surface area contributed by atoms with Crippen LogP contribution in [0.25, 0.3) is 0 Å². The molecule has 3 aromatic rings. The van der Waals surface area contributed by atoms with Crippen molar-refractivity contribution in [3.63, 3.8) is 0 Å². The van der Waals surface area contributed by atoms with Gasteiger partial charge in [0.1, 0.15) is 17.6 Å². The second-order valence-corrected chi connectivity index (χ2v) is 12.8. The third-order valence-corrected chi connectivity index (χ3v) is 9.16. The van der Waals surface area contributed by atoms with Crippen molar-refractivity contribution in [3.05, 3.63) is 82.8 Å². The van der Waals surface area contributed by atoms with Gasteiger partial charge in [0.05, 0.1) is 17.9 Å². The van der Waals surface area contributed by atoms with E-state index in [0.29, 0.717) is 13.1 Å². The molecule has 1 atom stereocenters. The number of aryl methyl sites for hydroxylation is 2. The Morgan fingerprint density at radius 3 is 2.26 bits per heavy atom. The minimum absolute atomic E-state index is 0.0777. The van der Waals surface area contributed by atoms with Crippen molar-refractivity contribution in [2.75, 3.05) is 47.5 Å². The number of sulfone groups is 1. The Morgan fingerprint density at radius 1 is 0.895 bits per heavy atom. The van der Waals surface area contributed by atoms with Gasteiger partial charge in [0.15, 0.2) is 9.84 Å². The monoisotopic (exact) mass is 535 g/mol. The molecule has 1 amide bonds. The second-order valence-electron chi connectivity index (χ2n) is 10.5. The molecule has 3 heterocycles. The van der Waals surface area contributed by atoms with Crippen LogP contribution in [0.4, 0.5) is 11.4 Å². The molecule has 0 spiro atoms. The lowest BCUT2D eigenvalue weighted by Crippen LogP contribution is -2.40. The minimum Gasteiger partial charge on any atom is -0.464 e. The van der Waals surface area contributed by atoms with Gasteiger partial charge in [0, 0.05) is 43.1 Å². The van der Waals surface area contributed by atoms with Crippen LogP contribution in [-0.2, 0) is 21.1 Å². The number of piperidine rings is 1. The molecule has 202 valence electrons. The highest BCUT2D eigenvalue weighted by molar-refractivity contribution is 7.91. The van der Waals surface area contributed by atoms with Gasteiger partial charge in [-0.2, -0.15) is 0 Å². The Morgan fingerprint density at radius 2 is 1.61 bits per heavy atom. The van der Waals surface area contributed by atoms with Crippen molar-refractivity contribution in [1.82, 2.24) is 5.32 Å². The summed E-state index contributed by atoms with van der Waals surface area (Å²) in [5, 5.41) is 3.26. The summed E-state index contributed by atoms with van der Waals surface area (Å²) in [6.07, 6.45) is 3.85. The van der Waals surface area contributed by atoms with Crippen molar-refractivity contribution in [2.24, 2.45) is 0 Å². The topological polar surface area (TPSA) is 82.9 Å². The lowest BCUT2D eigenvalue weighted by Gasteiger charge is -2.33. The van der Waals surface area contributed by atoms with E-state index in [0.717, 1.165) is 47.1 Å². The number of carbonyl (C=O) groups excluding carboxylic acids is 1. The molecule has 7 nitrogen and oxygen atoms in total. The molecule has 1 unspecified atom stereocenters. The van der Waals surface area contributed by atoms with Crippen LogP contribution in [0.15, 0.2) is 59.0 Å². The molecular formula is C30H37N3O4S. The zero-order chi connectivity index (χ0) is 26.7. The van der Waals surface area contributed by atoms with Crippen LogP contribution in [0.2, 0.25) is 0 Å². The van der Waals surface area contributed by atoms with Gasteiger partial charge >= 0.3 is 0 Å². The number of anilines is 2. The van der Waals surface area contributed by atoms with E-state index < -0.39 is 9.84 Å². The fraction of sp³-hybridized carbons (Fsp3) is 0.433. The standard InChI is InChI=1S/C30H37N3O4S/c1-22-6-12-26(27(20-22)33-14-4-3-5-15-33)30(28-13-7-23(2)37-28)31-29(34)21-24-8-10-25(11-9-24)32-16-18-38(35,36)19-17-32/h6-13,20,30H,3-5,14-19,21H2,1-2H3,(H,31,34). The zero-order valence-electron chi connectivity index (χ0n) is 22.3. The van der Waals surface area contributed by atoms with Crippen LogP contribution in [0.5, 0.6) is 0 Å². The third kappa shape index (κ3) is 6.23. The maximum absolute atomic E-state index is 13.3. The SMILES string of the molecule is Cc1ccc(C(NC(=O)Cc2ccc(N3CCS(=O)(=O)CC3)cc2)c2ccc(C)o2)c(N2CCCCC2)c1. The number of furan rings is 1. The third-order valence-electron chi connectivity index (χ3n) is 7.56. The second kappa shape index (κ2) is 11.2. The summed E-state index contributed by atoms with van der Waals surface area (Å²) >= 11 is 0. The molecule has 0 saturated carbocycles. The van der Waals surface area contributed by atoms with Crippen LogP contribution in [0, 0.1) is 13.8 Å². The van der Waals surface area contributed by atoms with Gasteiger partial charge in [-0.3, -0.25) is 4.79 Å². The van der Waals surface area contributed by atoms with Gasteiger partial charge in [0.25, 0.3) is 0 Å². The van der Waals surface area contributed by atoms with Crippen LogP contribution >= 0.6 is 0 Å². The van der Waals surface area contributed by atoms with Crippen LogP contribution in [-0.4, -0.2) is 52.0 Å². The summed E-state index contributed by atoms with van der Waals surface area (Å²) in [6.45, 7) is 7.06. The van der Waals surface area contributed by atoms with Gasteiger partial charge < -0.3 is 19.5 Å². The fourth-order valence-corrected chi connectivity index (χ4v) is 6.61.